The minimum absolute atomic E-state index is 0.743. The van der Waals surface area contributed by atoms with E-state index in [1.807, 2.05) is 0 Å². The average Bonchev–Trinajstić information content (AvgIpc) is 2.21. The number of nitrogens with one attached hydrogen (secondary N) is 1. The van der Waals surface area contributed by atoms with E-state index in [-0.39, 0.29) is 0 Å². The van der Waals surface area contributed by atoms with Gasteiger partial charge in [-0.2, -0.15) is 0 Å². The highest BCUT2D eigenvalue weighted by molar-refractivity contribution is 4.82. The molecule has 1 fully saturated rings. The zero-order chi connectivity index (χ0) is 11.3. The van der Waals surface area contributed by atoms with Crippen molar-refractivity contribution in [3.05, 3.63) is 0 Å². The largest absolute Gasteiger partial charge is 0.316 e. The van der Waals surface area contributed by atoms with Crippen molar-refractivity contribution in [1.29, 1.82) is 0 Å². The average molecular weight is 211 g/mol. The summed E-state index contributed by atoms with van der Waals surface area (Å²) >= 11 is 0. The third-order valence-corrected chi connectivity index (χ3v) is 4.15. The Morgan fingerprint density at radius 3 is 2.13 bits per heavy atom. The molecule has 0 aromatic rings. The summed E-state index contributed by atoms with van der Waals surface area (Å²) in [7, 11) is 2.13. The van der Waals surface area contributed by atoms with E-state index in [4.69, 9.17) is 0 Å². The number of rotatable bonds is 5. The van der Waals surface area contributed by atoms with Crippen molar-refractivity contribution < 1.29 is 0 Å². The Morgan fingerprint density at radius 2 is 1.73 bits per heavy atom. The lowest BCUT2D eigenvalue weighted by atomic mass is 9.74. The van der Waals surface area contributed by atoms with Gasteiger partial charge in [0.25, 0.3) is 0 Å². The second kappa shape index (κ2) is 6.52. The van der Waals surface area contributed by atoms with Crippen LogP contribution in [0, 0.1) is 17.8 Å². The summed E-state index contributed by atoms with van der Waals surface area (Å²) in [5.41, 5.74) is 0. The van der Waals surface area contributed by atoms with E-state index in [2.05, 4.69) is 33.1 Å². The van der Waals surface area contributed by atoms with Gasteiger partial charge in [-0.15, -0.1) is 0 Å². The first-order chi connectivity index (χ1) is 7.19. The highest BCUT2D eigenvalue weighted by Crippen LogP contribution is 2.34. The maximum atomic E-state index is 3.52. The zero-order valence-corrected chi connectivity index (χ0v) is 11.1. The van der Waals surface area contributed by atoms with Gasteiger partial charge in [-0.05, 0) is 37.6 Å². The Hall–Kier alpha value is -0.0400. The molecule has 1 unspecified atom stereocenters. The van der Waals surface area contributed by atoms with Crippen molar-refractivity contribution >= 4 is 0 Å². The Balaban J connectivity index is 2.35. The summed E-state index contributed by atoms with van der Waals surface area (Å²) in [6.07, 6.45) is 8.68. The van der Waals surface area contributed by atoms with Gasteiger partial charge >= 0.3 is 0 Å². The first-order valence-corrected chi connectivity index (χ1v) is 6.86. The second-order valence-corrected chi connectivity index (χ2v) is 5.63. The van der Waals surface area contributed by atoms with Gasteiger partial charge in [-0.1, -0.05) is 46.5 Å². The van der Waals surface area contributed by atoms with Crippen molar-refractivity contribution in [3.8, 4) is 0 Å². The Labute approximate surface area is 96.0 Å². The lowest BCUT2D eigenvalue weighted by Gasteiger charge is -2.35. The second-order valence-electron chi connectivity index (χ2n) is 5.63. The highest BCUT2D eigenvalue weighted by atomic mass is 14.9. The Bertz CT molecular complexity index is 157. The number of hydrogen-bond acceptors (Lipinski definition) is 1. The molecular formula is C14H29N. The predicted octanol–water partition coefficient (Wildman–Crippen LogP) is 3.84. The molecule has 1 saturated carbocycles. The molecule has 0 aromatic heterocycles. The van der Waals surface area contributed by atoms with Crippen LogP contribution < -0.4 is 5.32 Å². The topological polar surface area (TPSA) is 12.0 Å². The smallest absolute Gasteiger partial charge is 0.0115 e. The monoisotopic (exact) mass is 211 g/mol. The van der Waals surface area contributed by atoms with Crippen molar-refractivity contribution in [2.75, 3.05) is 7.05 Å². The van der Waals surface area contributed by atoms with Gasteiger partial charge < -0.3 is 5.32 Å². The SMILES string of the molecule is CCCC1CCC(C(NC)C(C)C)CC1. The van der Waals surface area contributed by atoms with Crippen molar-refractivity contribution in [2.24, 2.45) is 17.8 Å². The minimum Gasteiger partial charge on any atom is -0.316 e. The molecule has 1 atom stereocenters. The fraction of sp³-hybridized carbons (Fsp3) is 1.00. The van der Waals surface area contributed by atoms with Crippen molar-refractivity contribution in [2.45, 2.75) is 65.3 Å². The molecule has 0 radical (unpaired) electrons. The van der Waals surface area contributed by atoms with Crippen LogP contribution in [0.25, 0.3) is 0 Å². The third-order valence-electron chi connectivity index (χ3n) is 4.15. The molecule has 0 bridgehead atoms. The van der Waals surface area contributed by atoms with E-state index >= 15 is 0 Å². The fourth-order valence-electron chi connectivity index (χ4n) is 3.36. The van der Waals surface area contributed by atoms with Crippen LogP contribution in [0.5, 0.6) is 0 Å². The van der Waals surface area contributed by atoms with Crippen LogP contribution in [0.4, 0.5) is 0 Å². The molecule has 0 saturated heterocycles. The van der Waals surface area contributed by atoms with Gasteiger partial charge in [0.1, 0.15) is 0 Å². The minimum atomic E-state index is 0.743. The third kappa shape index (κ3) is 3.79. The molecule has 1 nitrogen and oxygen atoms in total. The molecule has 1 rings (SSSR count). The fourth-order valence-corrected chi connectivity index (χ4v) is 3.36. The normalized spacial score (nSPS) is 29.4. The lowest BCUT2D eigenvalue weighted by molar-refractivity contribution is 0.190. The summed E-state index contributed by atoms with van der Waals surface area (Å²) in [6, 6.07) is 0.743. The molecule has 0 aliphatic heterocycles. The maximum Gasteiger partial charge on any atom is 0.0115 e. The van der Waals surface area contributed by atoms with Gasteiger partial charge in [0.05, 0.1) is 0 Å². The van der Waals surface area contributed by atoms with Gasteiger partial charge in [-0.3, -0.25) is 0 Å². The van der Waals surface area contributed by atoms with Crippen LogP contribution in [0.1, 0.15) is 59.3 Å². The van der Waals surface area contributed by atoms with Crippen LogP contribution in [0.15, 0.2) is 0 Å². The molecule has 1 aliphatic rings. The van der Waals surface area contributed by atoms with Crippen LogP contribution in [0.3, 0.4) is 0 Å². The summed E-state index contributed by atoms with van der Waals surface area (Å²) in [4.78, 5) is 0. The summed E-state index contributed by atoms with van der Waals surface area (Å²) in [5, 5.41) is 3.52. The van der Waals surface area contributed by atoms with E-state index in [0.717, 1.165) is 23.8 Å². The van der Waals surface area contributed by atoms with E-state index in [1.54, 1.807) is 0 Å². The van der Waals surface area contributed by atoms with Crippen LogP contribution in [-0.4, -0.2) is 13.1 Å². The van der Waals surface area contributed by atoms with Gasteiger partial charge in [-0.25, -0.2) is 0 Å². The molecule has 1 aliphatic carbocycles. The molecule has 0 spiro atoms. The van der Waals surface area contributed by atoms with E-state index in [9.17, 15) is 0 Å². The maximum absolute atomic E-state index is 3.52. The quantitative estimate of drug-likeness (QED) is 0.728. The number of hydrogen-bond donors (Lipinski definition) is 1. The van der Waals surface area contributed by atoms with Crippen LogP contribution in [-0.2, 0) is 0 Å². The summed E-state index contributed by atoms with van der Waals surface area (Å²) in [6.45, 7) is 7.01. The van der Waals surface area contributed by atoms with E-state index in [1.165, 1.54) is 38.5 Å². The lowest BCUT2D eigenvalue weighted by Crippen LogP contribution is -2.39. The molecule has 1 N–H and O–H groups in total. The molecule has 0 aromatic carbocycles. The van der Waals surface area contributed by atoms with Gasteiger partial charge in [0.2, 0.25) is 0 Å². The first kappa shape index (κ1) is 13.0. The van der Waals surface area contributed by atoms with Crippen molar-refractivity contribution in [1.82, 2.24) is 5.32 Å². The van der Waals surface area contributed by atoms with E-state index < -0.39 is 0 Å². The van der Waals surface area contributed by atoms with Gasteiger partial charge in [0, 0.05) is 6.04 Å². The molecule has 1 heteroatoms. The highest BCUT2D eigenvalue weighted by Gasteiger charge is 2.27. The first-order valence-electron chi connectivity index (χ1n) is 6.86. The predicted molar refractivity (Wildman–Crippen MR) is 68.0 cm³/mol. The molecule has 0 heterocycles. The molecular weight excluding hydrogens is 182 g/mol. The zero-order valence-electron chi connectivity index (χ0n) is 11.1. The Kier molecular flexibility index (Phi) is 5.66. The van der Waals surface area contributed by atoms with Crippen LogP contribution in [0.2, 0.25) is 0 Å². The molecule has 90 valence electrons. The van der Waals surface area contributed by atoms with Crippen molar-refractivity contribution in [3.63, 3.8) is 0 Å². The summed E-state index contributed by atoms with van der Waals surface area (Å²) < 4.78 is 0. The van der Waals surface area contributed by atoms with Gasteiger partial charge in [0.15, 0.2) is 0 Å². The molecule has 0 amide bonds. The Morgan fingerprint density at radius 1 is 1.13 bits per heavy atom. The standard InChI is InChI=1S/C14H29N/c1-5-6-12-7-9-13(10-8-12)14(15-4)11(2)3/h11-15H,5-10H2,1-4H3. The van der Waals surface area contributed by atoms with Crippen LogP contribution >= 0.6 is 0 Å². The van der Waals surface area contributed by atoms with E-state index in [0.29, 0.717) is 0 Å². The summed E-state index contributed by atoms with van der Waals surface area (Å²) in [5.74, 6) is 2.75. The molecule has 15 heavy (non-hydrogen) atoms.